The largest absolute Gasteiger partial charge is 0.488 e. The lowest BCUT2D eigenvalue weighted by Gasteiger charge is -2.12. The molecule has 0 unspecified atom stereocenters. The molecule has 8 heteroatoms. The van der Waals surface area contributed by atoms with Crippen LogP contribution in [0.2, 0.25) is 0 Å². The van der Waals surface area contributed by atoms with Crippen molar-refractivity contribution in [3.63, 3.8) is 0 Å². The minimum absolute atomic E-state index is 0.0760. The molecule has 0 aliphatic carbocycles. The SMILES string of the molecule is CSCc1cccc(Nc2ncnc(-c3ccc(F)cc3OCc3cccc(F)c3)n2)c1. The molecule has 0 aliphatic rings. The Morgan fingerprint density at radius 3 is 2.56 bits per heavy atom. The Labute approximate surface area is 188 Å². The first-order valence-corrected chi connectivity index (χ1v) is 11.2. The summed E-state index contributed by atoms with van der Waals surface area (Å²) < 4.78 is 33.1. The summed E-state index contributed by atoms with van der Waals surface area (Å²) in [5.74, 6) is 1.03. The molecule has 1 aromatic heterocycles. The van der Waals surface area contributed by atoms with Gasteiger partial charge in [-0.15, -0.1) is 0 Å². The molecule has 1 N–H and O–H groups in total. The number of halogens is 2. The summed E-state index contributed by atoms with van der Waals surface area (Å²) in [6, 6.07) is 18.2. The molecule has 3 aromatic carbocycles. The molecule has 1 heterocycles. The summed E-state index contributed by atoms with van der Waals surface area (Å²) in [6.07, 6.45) is 3.44. The van der Waals surface area contributed by atoms with Gasteiger partial charge < -0.3 is 10.1 Å². The number of ether oxygens (including phenoxy) is 1. The van der Waals surface area contributed by atoms with Crippen molar-refractivity contribution in [2.45, 2.75) is 12.4 Å². The first-order valence-electron chi connectivity index (χ1n) is 9.82. The quantitative estimate of drug-likeness (QED) is 0.355. The van der Waals surface area contributed by atoms with Gasteiger partial charge in [0.05, 0.1) is 5.56 Å². The van der Waals surface area contributed by atoms with Gasteiger partial charge in [0.15, 0.2) is 5.82 Å². The van der Waals surface area contributed by atoms with Crippen molar-refractivity contribution in [1.82, 2.24) is 15.0 Å². The lowest BCUT2D eigenvalue weighted by Crippen LogP contribution is -2.03. The second-order valence-corrected chi connectivity index (χ2v) is 7.82. The summed E-state index contributed by atoms with van der Waals surface area (Å²) in [5, 5.41) is 3.18. The lowest BCUT2D eigenvalue weighted by atomic mass is 10.1. The van der Waals surface area contributed by atoms with Crippen molar-refractivity contribution in [3.05, 3.63) is 95.8 Å². The molecule has 0 saturated carbocycles. The van der Waals surface area contributed by atoms with Crippen molar-refractivity contribution >= 4 is 23.4 Å². The van der Waals surface area contributed by atoms with Gasteiger partial charge in [0, 0.05) is 17.5 Å². The number of benzene rings is 3. The Hall–Kier alpha value is -3.52. The minimum atomic E-state index is -0.457. The average molecular weight is 451 g/mol. The van der Waals surface area contributed by atoms with E-state index in [1.165, 1.54) is 36.2 Å². The molecule has 0 radical (unpaired) electrons. The molecular weight excluding hydrogens is 430 g/mol. The average Bonchev–Trinajstić information content (AvgIpc) is 2.78. The van der Waals surface area contributed by atoms with Crippen LogP contribution in [0.15, 0.2) is 73.1 Å². The third-order valence-corrected chi connectivity index (χ3v) is 5.16. The Morgan fingerprint density at radius 2 is 1.72 bits per heavy atom. The molecule has 4 rings (SSSR count). The Balaban J connectivity index is 1.58. The van der Waals surface area contributed by atoms with E-state index in [1.807, 2.05) is 18.2 Å². The second-order valence-electron chi connectivity index (χ2n) is 6.95. The van der Waals surface area contributed by atoms with Crippen molar-refractivity contribution in [2.75, 3.05) is 11.6 Å². The highest BCUT2D eigenvalue weighted by molar-refractivity contribution is 7.97. The second kappa shape index (κ2) is 10.2. The Morgan fingerprint density at radius 1 is 0.906 bits per heavy atom. The maximum Gasteiger partial charge on any atom is 0.230 e. The molecule has 0 amide bonds. The van der Waals surface area contributed by atoms with E-state index in [0.29, 0.717) is 22.9 Å². The Kier molecular flexibility index (Phi) is 6.91. The summed E-state index contributed by atoms with van der Waals surface area (Å²) in [5.41, 5.74) is 3.17. The van der Waals surface area contributed by atoms with Gasteiger partial charge in [-0.1, -0.05) is 24.3 Å². The summed E-state index contributed by atoms with van der Waals surface area (Å²) >= 11 is 1.74. The standard InChI is InChI=1S/C24H20F2N4OS/c1-32-14-17-5-3-7-20(11-17)29-24-28-15-27-23(30-24)21-9-8-19(26)12-22(21)31-13-16-4-2-6-18(25)10-16/h2-12,15H,13-14H2,1H3,(H,27,28,29,30). The van der Waals surface area contributed by atoms with Crippen molar-refractivity contribution in [3.8, 4) is 17.1 Å². The van der Waals surface area contributed by atoms with Crippen LogP contribution >= 0.6 is 11.8 Å². The third kappa shape index (κ3) is 5.59. The van der Waals surface area contributed by atoms with Gasteiger partial charge in [0.25, 0.3) is 0 Å². The van der Waals surface area contributed by atoms with Crippen LogP contribution in [-0.4, -0.2) is 21.2 Å². The number of nitrogens with one attached hydrogen (secondary N) is 1. The van der Waals surface area contributed by atoms with Gasteiger partial charge in [-0.3, -0.25) is 0 Å². The number of anilines is 2. The van der Waals surface area contributed by atoms with Gasteiger partial charge in [-0.2, -0.15) is 16.7 Å². The van der Waals surface area contributed by atoms with Gasteiger partial charge >= 0.3 is 0 Å². The van der Waals surface area contributed by atoms with E-state index in [4.69, 9.17) is 4.74 Å². The first-order chi connectivity index (χ1) is 15.6. The third-order valence-electron chi connectivity index (χ3n) is 4.53. The van der Waals surface area contributed by atoms with Crippen LogP contribution in [0, 0.1) is 11.6 Å². The van der Waals surface area contributed by atoms with E-state index in [9.17, 15) is 8.78 Å². The van der Waals surface area contributed by atoms with Crippen LogP contribution < -0.4 is 10.1 Å². The smallest absolute Gasteiger partial charge is 0.230 e. The topological polar surface area (TPSA) is 59.9 Å². The van der Waals surface area contributed by atoms with Gasteiger partial charge in [-0.25, -0.2) is 18.7 Å². The van der Waals surface area contributed by atoms with E-state index in [2.05, 4.69) is 32.6 Å². The number of aromatic nitrogens is 3. The highest BCUT2D eigenvalue weighted by atomic mass is 32.2. The molecule has 4 aromatic rings. The van der Waals surface area contributed by atoms with E-state index in [-0.39, 0.29) is 18.2 Å². The van der Waals surface area contributed by atoms with Crippen LogP contribution in [0.5, 0.6) is 5.75 Å². The number of rotatable bonds is 8. The zero-order chi connectivity index (χ0) is 22.3. The van der Waals surface area contributed by atoms with E-state index < -0.39 is 5.82 Å². The molecule has 5 nitrogen and oxygen atoms in total. The molecule has 0 spiro atoms. The summed E-state index contributed by atoms with van der Waals surface area (Å²) in [4.78, 5) is 12.9. The molecular formula is C24H20F2N4OS. The molecule has 0 atom stereocenters. The fourth-order valence-electron chi connectivity index (χ4n) is 3.11. The van der Waals surface area contributed by atoms with Crippen molar-refractivity contribution in [1.29, 1.82) is 0 Å². The van der Waals surface area contributed by atoms with E-state index in [1.54, 1.807) is 30.0 Å². The molecule has 32 heavy (non-hydrogen) atoms. The number of hydrogen-bond donors (Lipinski definition) is 1. The van der Waals surface area contributed by atoms with Crippen LogP contribution in [0.4, 0.5) is 20.4 Å². The van der Waals surface area contributed by atoms with Crippen LogP contribution in [-0.2, 0) is 12.4 Å². The minimum Gasteiger partial charge on any atom is -0.488 e. The lowest BCUT2D eigenvalue weighted by molar-refractivity contribution is 0.305. The van der Waals surface area contributed by atoms with Gasteiger partial charge in [0.2, 0.25) is 5.95 Å². The van der Waals surface area contributed by atoms with Crippen molar-refractivity contribution in [2.24, 2.45) is 0 Å². The fourth-order valence-corrected chi connectivity index (χ4v) is 3.62. The summed E-state index contributed by atoms with van der Waals surface area (Å²) in [6.45, 7) is 0.0760. The van der Waals surface area contributed by atoms with Gasteiger partial charge in [-0.05, 0) is 53.8 Å². The first kappa shape index (κ1) is 21.7. The summed E-state index contributed by atoms with van der Waals surface area (Å²) in [7, 11) is 0. The molecule has 0 aliphatic heterocycles. The van der Waals surface area contributed by atoms with E-state index in [0.717, 1.165) is 11.4 Å². The molecule has 0 saturated heterocycles. The Bertz CT molecular complexity index is 1220. The number of thioether (sulfide) groups is 1. The van der Waals surface area contributed by atoms with Crippen LogP contribution in [0.3, 0.4) is 0 Å². The fraction of sp³-hybridized carbons (Fsp3) is 0.125. The predicted molar refractivity (Wildman–Crippen MR) is 123 cm³/mol. The maximum atomic E-state index is 13.9. The van der Waals surface area contributed by atoms with Crippen LogP contribution in [0.1, 0.15) is 11.1 Å². The molecule has 0 bridgehead atoms. The number of hydrogen-bond acceptors (Lipinski definition) is 6. The monoisotopic (exact) mass is 450 g/mol. The number of nitrogens with zero attached hydrogens (tertiary/aromatic N) is 3. The predicted octanol–water partition coefficient (Wildman–Crippen LogP) is 6.00. The highest BCUT2D eigenvalue weighted by Crippen LogP contribution is 2.30. The van der Waals surface area contributed by atoms with Crippen LogP contribution in [0.25, 0.3) is 11.4 Å². The highest BCUT2D eigenvalue weighted by Gasteiger charge is 2.13. The maximum absolute atomic E-state index is 13.9. The molecule has 0 fully saturated rings. The molecule has 162 valence electrons. The van der Waals surface area contributed by atoms with Crippen molar-refractivity contribution < 1.29 is 13.5 Å². The normalized spacial score (nSPS) is 10.7. The van der Waals surface area contributed by atoms with Gasteiger partial charge in [0.1, 0.15) is 30.3 Å². The zero-order valence-corrected chi connectivity index (χ0v) is 18.1. The zero-order valence-electron chi connectivity index (χ0n) is 17.3. The van der Waals surface area contributed by atoms with E-state index >= 15 is 0 Å².